The van der Waals surface area contributed by atoms with Crippen molar-refractivity contribution in [3.8, 4) is 0 Å². The number of rotatable bonds is 4. The van der Waals surface area contributed by atoms with Crippen molar-refractivity contribution in [3.05, 3.63) is 69.9 Å². The van der Waals surface area contributed by atoms with E-state index in [9.17, 15) is 9.18 Å². The van der Waals surface area contributed by atoms with E-state index in [1.807, 2.05) is 31.2 Å². The van der Waals surface area contributed by atoms with Gasteiger partial charge in [0.05, 0.1) is 12.5 Å². The Hall–Kier alpha value is -1.68. The lowest BCUT2D eigenvalue weighted by Crippen LogP contribution is -2.28. The Morgan fingerprint density at radius 3 is 2.35 bits per heavy atom. The van der Waals surface area contributed by atoms with E-state index >= 15 is 0 Å². The van der Waals surface area contributed by atoms with E-state index in [2.05, 4.69) is 21.2 Å². The quantitative estimate of drug-likeness (QED) is 0.898. The van der Waals surface area contributed by atoms with Gasteiger partial charge in [-0.3, -0.25) is 4.79 Å². The molecule has 0 saturated carbocycles. The van der Waals surface area contributed by atoms with Crippen molar-refractivity contribution >= 4 is 21.8 Å². The summed E-state index contributed by atoms with van der Waals surface area (Å²) in [5, 5.41) is 2.91. The van der Waals surface area contributed by atoms with E-state index in [0.717, 1.165) is 15.6 Å². The molecule has 1 amide bonds. The molecule has 104 valence electrons. The van der Waals surface area contributed by atoms with Crippen molar-refractivity contribution < 1.29 is 9.18 Å². The molecule has 0 aromatic heterocycles. The van der Waals surface area contributed by atoms with E-state index in [0.29, 0.717) is 6.42 Å². The highest BCUT2D eigenvalue weighted by molar-refractivity contribution is 9.10. The maximum atomic E-state index is 12.8. The van der Waals surface area contributed by atoms with Gasteiger partial charge in [-0.1, -0.05) is 40.2 Å². The van der Waals surface area contributed by atoms with Gasteiger partial charge in [-0.25, -0.2) is 4.39 Å². The molecular formula is C16H15BrFNO. The maximum absolute atomic E-state index is 12.8. The largest absolute Gasteiger partial charge is 0.349 e. The molecule has 1 atom stereocenters. The Morgan fingerprint density at radius 1 is 1.15 bits per heavy atom. The fourth-order valence-electron chi connectivity index (χ4n) is 1.91. The first-order chi connectivity index (χ1) is 9.54. The maximum Gasteiger partial charge on any atom is 0.224 e. The van der Waals surface area contributed by atoms with Crippen LogP contribution in [0, 0.1) is 5.82 Å². The summed E-state index contributed by atoms with van der Waals surface area (Å²) in [7, 11) is 0. The van der Waals surface area contributed by atoms with Crippen molar-refractivity contribution in [2.45, 2.75) is 19.4 Å². The first-order valence-corrected chi connectivity index (χ1v) is 7.13. The second-order valence-electron chi connectivity index (χ2n) is 4.64. The van der Waals surface area contributed by atoms with Crippen LogP contribution in [0.15, 0.2) is 53.0 Å². The average Bonchev–Trinajstić information content (AvgIpc) is 2.42. The summed E-state index contributed by atoms with van der Waals surface area (Å²) in [6.45, 7) is 1.88. The minimum atomic E-state index is -0.276. The van der Waals surface area contributed by atoms with Crippen molar-refractivity contribution in [1.82, 2.24) is 5.32 Å². The van der Waals surface area contributed by atoms with Crippen LogP contribution in [0.4, 0.5) is 4.39 Å². The summed E-state index contributed by atoms with van der Waals surface area (Å²) in [5.74, 6) is -0.328. The lowest BCUT2D eigenvalue weighted by Gasteiger charge is -2.14. The number of benzene rings is 2. The third-order valence-electron chi connectivity index (χ3n) is 3.03. The van der Waals surface area contributed by atoms with Crippen molar-refractivity contribution in [2.75, 3.05) is 0 Å². The van der Waals surface area contributed by atoms with Crippen LogP contribution in [0.1, 0.15) is 24.1 Å². The van der Waals surface area contributed by atoms with Gasteiger partial charge in [0.15, 0.2) is 0 Å². The molecule has 0 aliphatic rings. The minimum Gasteiger partial charge on any atom is -0.349 e. The Kier molecular flexibility index (Phi) is 4.90. The zero-order chi connectivity index (χ0) is 14.5. The Morgan fingerprint density at radius 2 is 1.75 bits per heavy atom. The zero-order valence-corrected chi connectivity index (χ0v) is 12.7. The van der Waals surface area contributed by atoms with E-state index in [1.165, 1.54) is 12.1 Å². The minimum absolute atomic E-state index is 0.0517. The van der Waals surface area contributed by atoms with E-state index in [4.69, 9.17) is 0 Å². The molecule has 0 heterocycles. The summed E-state index contributed by atoms with van der Waals surface area (Å²) in [6, 6.07) is 13.6. The van der Waals surface area contributed by atoms with Gasteiger partial charge in [-0.05, 0) is 42.3 Å². The van der Waals surface area contributed by atoms with Gasteiger partial charge < -0.3 is 5.32 Å². The molecule has 0 spiro atoms. The monoisotopic (exact) mass is 335 g/mol. The Balaban J connectivity index is 1.93. The second-order valence-corrected chi connectivity index (χ2v) is 5.56. The molecule has 0 radical (unpaired) electrons. The predicted molar refractivity (Wildman–Crippen MR) is 80.8 cm³/mol. The molecule has 20 heavy (non-hydrogen) atoms. The molecular weight excluding hydrogens is 321 g/mol. The highest BCUT2D eigenvalue weighted by atomic mass is 79.9. The van der Waals surface area contributed by atoms with Gasteiger partial charge in [-0.15, -0.1) is 0 Å². The summed E-state index contributed by atoms with van der Waals surface area (Å²) in [4.78, 5) is 12.0. The van der Waals surface area contributed by atoms with Crippen LogP contribution < -0.4 is 5.32 Å². The third kappa shape index (κ3) is 4.17. The van der Waals surface area contributed by atoms with Gasteiger partial charge >= 0.3 is 0 Å². The van der Waals surface area contributed by atoms with Gasteiger partial charge in [0.1, 0.15) is 5.82 Å². The molecule has 0 aliphatic carbocycles. The van der Waals surface area contributed by atoms with E-state index in [1.54, 1.807) is 12.1 Å². The molecule has 0 aliphatic heterocycles. The number of hydrogen-bond donors (Lipinski definition) is 1. The lowest BCUT2D eigenvalue weighted by molar-refractivity contribution is -0.121. The van der Waals surface area contributed by atoms with Crippen molar-refractivity contribution in [3.63, 3.8) is 0 Å². The van der Waals surface area contributed by atoms with Crippen LogP contribution in [0.25, 0.3) is 0 Å². The molecule has 4 heteroatoms. The average molecular weight is 336 g/mol. The van der Waals surface area contributed by atoms with Crippen molar-refractivity contribution in [2.24, 2.45) is 0 Å². The van der Waals surface area contributed by atoms with Crippen LogP contribution in [-0.2, 0) is 11.2 Å². The van der Waals surface area contributed by atoms with Crippen LogP contribution in [0.2, 0.25) is 0 Å². The van der Waals surface area contributed by atoms with Gasteiger partial charge in [0.2, 0.25) is 5.91 Å². The summed E-state index contributed by atoms with van der Waals surface area (Å²) < 4.78 is 13.8. The van der Waals surface area contributed by atoms with Crippen LogP contribution in [-0.4, -0.2) is 5.91 Å². The molecule has 2 aromatic carbocycles. The zero-order valence-electron chi connectivity index (χ0n) is 11.1. The Labute approximate surface area is 126 Å². The predicted octanol–water partition coefficient (Wildman–Crippen LogP) is 4.01. The summed E-state index contributed by atoms with van der Waals surface area (Å²) in [6.07, 6.45) is 0.332. The molecule has 2 aromatic rings. The molecule has 0 saturated heterocycles. The topological polar surface area (TPSA) is 29.1 Å². The highest BCUT2D eigenvalue weighted by Crippen LogP contribution is 2.14. The molecule has 0 fully saturated rings. The Bertz CT molecular complexity index is 580. The third-order valence-corrected chi connectivity index (χ3v) is 3.55. The molecule has 1 unspecified atom stereocenters. The fraction of sp³-hybridized carbons (Fsp3) is 0.188. The van der Waals surface area contributed by atoms with E-state index < -0.39 is 0 Å². The molecule has 1 N–H and O–H groups in total. The van der Waals surface area contributed by atoms with Crippen LogP contribution >= 0.6 is 15.9 Å². The smallest absolute Gasteiger partial charge is 0.224 e. The SMILES string of the molecule is CC(NC(=O)Cc1ccc(Br)cc1)c1ccc(F)cc1. The normalized spacial score (nSPS) is 11.9. The van der Waals surface area contributed by atoms with Gasteiger partial charge in [0.25, 0.3) is 0 Å². The summed E-state index contributed by atoms with van der Waals surface area (Å²) >= 11 is 3.36. The van der Waals surface area contributed by atoms with E-state index in [-0.39, 0.29) is 17.8 Å². The number of carbonyl (C=O) groups excluding carboxylic acids is 1. The van der Waals surface area contributed by atoms with Crippen molar-refractivity contribution in [1.29, 1.82) is 0 Å². The fourth-order valence-corrected chi connectivity index (χ4v) is 2.18. The molecule has 2 rings (SSSR count). The lowest BCUT2D eigenvalue weighted by atomic mass is 10.1. The van der Waals surface area contributed by atoms with Gasteiger partial charge in [0, 0.05) is 4.47 Å². The second kappa shape index (κ2) is 6.66. The number of hydrogen-bond acceptors (Lipinski definition) is 1. The molecule has 0 bridgehead atoms. The molecule has 2 nitrogen and oxygen atoms in total. The highest BCUT2D eigenvalue weighted by Gasteiger charge is 2.10. The van der Waals surface area contributed by atoms with Gasteiger partial charge in [-0.2, -0.15) is 0 Å². The number of amides is 1. The summed E-state index contributed by atoms with van der Waals surface area (Å²) in [5.41, 5.74) is 1.84. The number of halogens is 2. The first-order valence-electron chi connectivity index (χ1n) is 6.34. The first kappa shape index (κ1) is 14.7. The number of carbonyl (C=O) groups is 1. The van der Waals surface area contributed by atoms with Crippen LogP contribution in [0.3, 0.4) is 0 Å². The standard InChI is InChI=1S/C16H15BrFNO/c1-11(13-4-8-15(18)9-5-13)19-16(20)10-12-2-6-14(17)7-3-12/h2-9,11H,10H2,1H3,(H,19,20). The van der Waals surface area contributed by atoms with Crippen LogP contribution in [0.5, 0.6) is 0 Å². The number of nitrogens with one attached hydrogen (secondary N) is 1.